The van der Waals surface area contributed by atoms with Crippen LogP contribution in [0.25, 0.3) is 0 Å². The Morgan fingerprint density at radius 1 is 1.31 bits per heavy atom. The van der Waals surface area contributed by atoms with Crippen LogP contribution in [0.1, 0.15) is 65.5 Å². The van der Waals surface area contributed by atoms with E-state index in [1.54, 1.807) is 10.5 Å². The summed E-state index contributed by atoms with van der Waals surface area (Å²) in [6.45, 7) is 12.4. The van der Waals surface area contributed by atoms with Crippen molar-refractivity contribution in [1.29, 1.82) is 0 Å². The fourth-order valence-corrected chi connectivity index (χ4v) is 4.60. The maximum absolute atomic E-state index is 12.2. The highest BCUT2D eigenvalue weighted by molar-refractivity contribution is 14.0. The molecule has 0 amide bonds. The molecule has 0 spiro atoms. The van der Waals surface area contributed by atoms with E-state index in [4.69, 9.17) is 4.42 Å². The van der Waals surface area contributed by atoms with E-state index in [1.807, 2.05) is 13.8 Å². The van der Waals surface area contributed by atoms with Crippen LogP contribution in [0.5, 0.6) is 0 Å². The van der Waals surface area contributed by atoms with Crippen LogP contribution in [0.4, 0.5) is 0 Å². The Labute approximate surface area is 192 Å². The van der Waals surface area contributed by atoms with Crippen molar-refractivity contribution in [3.05, 3.63) is 17.8 Å². The number of halogens is 1. The Balaban J connectivity index is 0.00000420. The first-order chi connectivity index (χ1) is 13.2. The third-order valence-electron chi connectivity index (χ3n) is 4.66. The lowest BCUT2D eigenvalue weighted by molar-refractivity contribution is 0.306. The fraction of sp³-hybridized carbons (Fsp3) is 0.789. The predicted molar refractivity (Wildman–Crippen MR) is 127 cm³/mol. The number of sulfonamides is 1. The van der Waals surface area contributed by atoms with Crippen LogP contribution < -0.4 is 10.6 Å². The Morgan fingerprint density at radius 3 is 2.48 bits per heavy atom. The van der Waals surface area contributed by atoms with Crippen molar-refractivity contribution in [3.63, 3.8) is 0 Å². The normalized spacial score (nSPS) is 17.1. The maximum Gasteiger partial charge on any atom is 0.216 e. The van der Waals surface area contributed by atoms with Gasteiger partial charge in [-0.2, -0.15) is 0 Å². The molecule has 0 atom stereocenters. The van der Waals surface area contributed by atoms with Crippen LogP contribution in [-0.2, 0) is 22.0 Å². The van der Waals surface area contributed by atoms with Crippen molar-refractivity contribution >= 4 is 40.0 Å². The van der Waals surface area contributed by atoms with E-state index in [0.29, 0.717) is 37.9 Å². The van der Waals surface area contributed by atoms with Gasteiger partial charge in [0.1, 0.15) is 12.3 Å². The molecule has 0 saturated carbocycles. The maximum atomic E-state index is 12.2. The fourth-order valence-electron chi connectivity index (χ4n) is 3.06. The minimum Gasteiger partial charge on any atom is -0.443 e. The van der Waals surface area contributed by atoms with E-state index in [0.717, 1.165) is 25.1 Å². The summed E-state index contributed by atoms with van der Waals surface area (Å²) in [5.41, 5.74) is -0.0796. The molecular formula is C19H36IN5O3S. The molecule has 8 nitrogen and oxygen atoms in total. The molecule has 1 aromatic heterocycles. The molecule has 2 heterocycles. The van der Waals surface area contributed by atoms with Crippen molar-refractivity contribution in [1.82, 2.24) is 19.9 Å². The minimum absolute atomic E-state index is 0. The topological polar surface area (TPSA) is 99.8 Å². The molecule has 10 heteroatoms. The summed E-state index contributed by atoms with van der Waals surface area (Å²) in [4.78, 5) is 8.89. The lowest BCUT2D eigenvalue weighted by Gasteiger charge is -2.32. The first-order valence-electron chi connectivity index (χ1n) is 10.1. The van der Waals surface area contributed by atoms with E-state index >= 15 is 0 Å². The quantitative estimate of drug-likeness (QED) is 0.313. The lowest BCUT2D eigenvalue weighted by Crippen LogP contribution is -2.50. The number of hydrogen-bond acceptors (Lipinski definition) is 5. The molecule has 2 N–H and O–H groups in total. The van der Waals surface area contributed by atoms with Gasteiger partial charge in [0.05, 0.1) is 11.9 Å². The van der Waals surface area contributed by atoms with Crippen molar-refractivity contribution < 1.29 is 12.8 Å². The van der Waals surface area contributed by atoms with Crippen molar-refractivity contribution in [2.75, 3.05) is 25.4 Å². The number of aromatic nitrogens is 1. The molecule has 1 aliphatic heterocycles. The highest BCUT2D eigenvalue weighted by Crippen LogP contribution is 2.22. The second-order valence-corrected chi connectivity index (χ2v) is 10.3. The van der Waals surface area contributed by atoms with Gasteiger partial charge in [-0.3, -0.25) is 0 Å². The summed E-state index contributed by atoms with van der Waals surface area (Å²) in [5.74, 6) is 2.36. The number of piperidine rings is 1. The zero-order chi connectivity index (χ0) is 20.8. The van der Waals surface area contributed by atoms with Crippen molar-refractivity contribution in [2.45, 2.75) is 71.9 Å². The first kappa shape index (κ1) is 26.2. The number of hydrogen-bond donors (Lipinski definition) is 2. The summed E-state index contributed by atoms with van der Waals surface area (Å²) < 4.78 is 31.8. The number of nitrogens with zero attached hydrogens (tertiary/aromatic N) is 3. The molecule has 168 valence electrons. The second-order valence-electron chi connectivity index (χ2n) is 8.20. The first-order valence-corrected chi connectivity index (χ1v) is 11.7. The minimum atomic E-state index is -3.11. The van der Waals surface area contributed by atoms with Gasteiger partial charge < -0.3 is 15.1 Å². The van der Waals surface area contributed by atoms with Crippen LogP contribution in [0.15, 0.2) is 15.6 Å². The van der Waals surface area contributed by atoms with Crippen LogP contribution in [0.2, 0.25) is 0 Å². The van der Waals surface area contributed by atoms with E-state index in [9.17, 15) is 8.42 Å². The van der Waals surface area contributed by atoms with Crippen LogP contribution in [0.3, 0.4) is 0 Å². The average molecular weight is 542 g/mol. The number of aliphatic imine (C=N–C) groups is 1. The Hall–Kier alpha value is -0.880. The second kappa shape index (κ2) is 11.5. The van der Waals surface area contributed by atoms with Gasteiger partial charge in [0.15, 0.2) is 5.96 Å². The third kappa shape index (κ3) is 8.05. The average Bonchev–Trinajstić information content (AvgIpc) is 3.10. The monoisotopic (exact) mass is 541 g/mol. The van der Waals surface area contributed by atoms with Gasteiger partial charge in [0.25, 0.3) is 0 Å². The van der Waals surface area contributed by atoms with Gasteiger partial charge in [-0.05, 0) is 26.2 Å². The molecule has 1 aliphatic rings. The predicted octanol–water partition coefficient (Wildman–Crippen LogP) is 2.85. The molecule has 0 unspecified atom stereocenters. The van der Waals surface area contributed by atoms with Crippen LogP contribution in [0, 0.1) is 0 Å². The Bertz CT molecular complexity index is 750. The number of rotatable bonds is 7. The highest BCUT2D eigenvalue weighted by atomic mass is 127. The van der Waals surface area contributed by atoms with Crippen molar-refractivity contribution in [2.24, 2.45) is 4.99 Å². The molecule has 1 saturated heterocycles. The number of oxazole rings is 1. The summed E-state index contributed by atoms with van der Waals surface area (Å²) in [7, 11) is -3.11. The van der Waals surface area contributed by atoms with E-state index in [-0.39, 0.29) is 41.2 Å². The zero-order valence-electron chi connectivity index (χ0n) is 18.2. The molecular weight excluding hydrogens is 505 g/mol. The number of guanidine groups is 1. The summed E-state index contributed by atoms with van der Waals surface area (Å²) in [6, 6.07) is 0.195. The van der Waals surface area contributed by atoms with Gasteiger partial charge in [0, 0.05) is 31.1 Å². The Kier molecular flexibility index (Phi) is 10.4. The third-order valence-corrected chi connectivity index (χ3v) is 6.74. The van der Waals surface area contributed by atoms with Crippen LogP contribution in [-0.4, -0.2) is 55.1 Å². The lowest BCUT2D eigenvalue weighted by atomic mass is 9.94. The Morgan fingerprint density at radius 2 is 1.97 bits per heavy atom. The summed E-state index contributed by atoms with van der Waals surface area (Å²) in [5, 5.41) is 6.65. The molecule has 0 aliphatic carbocycles. The van der Waals surface area contributed by atoms with Gasteiger partial charge in [-0.1, -0.05) is 27.7 Å². The molecule has 0 radical (unpaired) electrons. The van der Waals surface area contributed by atoms with E-state index < -0.39 is 10.0 Å². The van der Waals surface area contributed by atoms with Gasteiger partial charge in [0.2, 0.25) is 15.9 Å². The standard InChI is InChI=1S/C19H35N5O3S.HI/c1-6-12-28(25,26)24-10-8-15(9-11-24)23-18(20-7-2)22-14-17-21-13-16(27-17)19(3,4)5;/h13,15H,6-12,14H2,1-5H3,(H2,20,22,23);1H. The molecule has 0 bridgehead atoms. The van der Waals surface area contributed by atoms with E-state index in [1.165, 1.54) is 0 Å². The summed E-state index contributed by atoms with van der Waals surface area (Å²) >= 11 is 0. The van der Waals surface area contributed by atoms with Crippen LogP contribution >= 0.6 is 24.0 Å². The largest absolute Gasteiger partial charge is 0.443 e. The molecule has 1 aromatic rings. The smallest absolute Gasteiger partial charge is 0.216 e. The zero-order valence-corrected chi connectivity index (χ0v) is 21.3. The summed E-state index contributed by atoms with van der Waals surface area (Å²) in [6.07, 6.45) is 3.94. The number of nitrogens with one attached hydrogen (secondary N) is 2. The highest BCUT2D eigenvalue weighted by Gasteiger charge is 2.27. The van der Waals surface area contributed by atoms with E-state index in [2.05, 4.69) is 41.4 Å². The molecule has 0 aromatic carbocycles. The SMILES string of the molecule is CCCS(=O)(=O)N1CCC(NC(=NCc2ncc(C(C)(C)C)o2)NCC)CC1.I. The van der Waals surface area contributed by atoms with Gasteiger partial charge in [-0.25, -0.2) is 22.7 Å². The molecule has 2 rings (SSSR count). The molecule has 29 heavy (non-hydrogen) atoms. The molecule has 1 fully saturated rings. The van der Waals surface area contributed by atoms with Gasteiger partial charge in [-0.15, -0.1) is 24.0 Å². The van der Waals surface area contributed by atoms with Gasteiger partial charge >= 0.3 is 0 Å². The van der Waals surface area contributed by atoms with Crippen molar-refractivity contribution in [3.8, 4) is 0 Å².